The summed E-state index contributed by atoms with van der Waals surface area (Å²) in [5, 5.41) is 5.97. The fourth-order valence-electron chi connectivity index (χ4n) is 2.63. The highest BCUT2D eigenvalue weighted by atomic mass is 35.5. The Morgan fingerprint density at radius 2 is 1.66 bits per heavy atom. The molecule has 2 N–H and O–H groups in total. The van der Waals surface area contributed by atoms with E-state index in [0.29, 0.717) is 27.7 Å². The number of anilines is 1. The molecular formula is C21H19ClN4O3. The van der Waals surface area contributed by atoms with E-state index in [1.807, 2.05) is 0 Å². The Morgan fingerprint density at radius 3 is 2.28 bits per heavy atom. The normalized spacial score (nSPS) is 10.4. The maximum Gasteiger partial charge on any atom is 0.251 e. The van der Waals surface area contributed by atoms with Crippen molar-refractivity contribution in [3.05, 3.63) is 82.9 Å². The first-order valence-electron chi connectivity index (χ1n) is 8.90. The van der Waals surface area contributed by atoms with E-state index in [1.165, 1.54) is 0 Å². The Labute approximate surface area is 172 Å². The van der Waals surface area contributed by atoms with Crippen LogP contribution in [0.4, 0.5) is 5.69 Å². The molecule has 0 aliphatic rings. The van der Waals surface area contributed by atoms with Crippen LogP contribution in [0.2, 0.25) is 5.02 Å². The first kappa shape index (κ1) is 20.3. The van der Waals surface area contributed by atoms with Crippen LogP contribution in [0.3, 0.4) is 0 Å². The lowest BCUT2D eigenvalue weighted by molar-refractivity contribution is -0.116. The summed E-state index contributed by atoms with van der Waals surface area (Å²) in [4.78, 5) is 40.5. The largest absolute Gasteiger partial charge is 0.352 e. The van der Waals surface area contributed by atoms with Gasteiger partial charge in [-0.15, -0.1) is 0 Å². The summed E-state index contributed by atoms with van der Waals surface area (Å²) in [5.41, 5.74) is 1.52. The quantitative estimate of drug-likeness (QED) is 0.585. The van der Waals surface area contributed by atoms with E-state index < -0.39 is 0 Å². The molecule has 2 aromatic carbocycles. The van der Waals surface area contributed by atoms with Gasteiger partial charge in [-0.1, -0.05) is 11.6 Å². The fraction of sp³-hybridized carbons (Fsp3) is 0.143. The summed E-state index contributed by atoms with van der Waals surface area (Å²) in [6.45, 7) is 0.197. The Bertz CT molecular complexity index is 1030. The summed E-state index contributed by atoms with van der Waals surface area (Å²) in [7, 11) is 1.75. The van der Waals surface area contributed by atoms with Gasteiger partial charge in [0.2, 0.25) is 11.7 Å². The van der Waals surface area contributed by atoms with Crippen LogP contribution in [0.1, 0.15) is 33.0 Å². The van der Waals surface area contributed by atoms with Gasteiger partial charge in [0.25, 0.3) is 5.91 Å². The van der Waals surface area contributed by atoms with Gasteiger partial charge >= 0.3 is 0 Å². The van der Waals surface area contributed by atoms with E-state index in [1.54, 1.807) is 72.5 Å². The Balaban J connectivity index is 1.48. The number of halogens is 1. The minimum atomic E-state index is -0.272. The van der Waals surface area contributed by atoms with E-state index in [-0.39, 0.29) is 30.6 Å². The van der Waals surface area contributed by atoms with Crippen molar-refractivity contribution in [1.29, 1.82) is 0 Å². The number of rotatable bonds is 7. The van der Waals surface area contributed by atoms with Gasteiger partial charge in [0.05, 0.1) is 0 Å². The molecule has 1 aromatic heterocycles. The molecule has 8 heteroatoms. The summed E-state index contributed by atoms with van der Waals surface area (Å²) in [6.07, 6.45) is 3.38. The van der Waals surface area contributed by atoms with Crippen LogP contribution in [-0.4, -0.2) is 33.7 Å². The zero-order valence-corrected chi connectivity index (χ0v) is 16.4. The van der Waals surface area contributed by atoms with Crippen molar-refractivity contribution < 1.29 is 14.4 Å². The predicted molar refractivity (Wildman–Crippen MR) is 110 cm³/mol. The summed E-state index contributed by atoms with van der Waals surface area (Å²) >= 11 is 5.79. The molecule has 0 saturated carbocycles. The van der Waals surface area contributed by atoms with Crippen LogP contribution in [-0.2, 0) is 11.8 Å². The number of hydrogen-bond acceptors (Lipinski definition) is 4. The predicted octanol–water partition coefficient (Wildman–Crippen LogP) is 3.06. The second-order valence-corrected chi connectivity index (χ2v) is 6.77. The van der Waals surface area contributed by atoms with Crippen molar-refractivity contribution in [2.45, 2.75) is 6.42 Å². The fourth-order valence-corrected chi connectivity index (χ4v) is 2.76. The third kappa shape index (κ3) is 5.30. The summed E-state index contributed by atoms with van der Waals surface area (Å²) in [5.74, 6) is -0.366. The van der Waals surface area contributed by atoms with Gasteiger partial charge in [-0.3, -0.25) is 14.4 Å². The van der Waals surface area contributed by atoms with Gasteiger partial charge in [-0.2, -0.15) is 0 Å². The number of carbonyl (C=O) groups excluding carboxylic acids is 3. The standard InChI is InChI=1S/C21H19ClN4O3/c1-26-13-12-23-20(26)19(28)14-4-8-17(9-5-14)25-18(27)10-11-24-21(29)15-2-6-16(22)7-3-15/h2-9,12-13H,10-11H2,1H3,(H,24,29)(H,25,27). The minimum Gasteiger partial charge on any atom is -0.352 e. The van der Waals surface area contributed by atoms with Gasteiger partial charge < -0.3 is 15.2 Å². The number of imidazole rings is 1. The van der Waals surface area contributed by atoms with Gasteiger partial charge in [-0.25, -0.2) is 4.98 Å². The Hall–Kier alpha value is -3.45. The van der Waals surface area contributed by atoms with Crippen LogP contribution in [0.5, 0.6) is 0 Å². The van der Waals surface area contributed by atoms with Crippen molar-refractivity contribution in [2.75, 3.05) is 11.9 Å². The minimum absolute atomic E-state index is 0.118. The van der Waals surface area contributed by atoms with Crippen molar-refractivity contribution >= 4 is 34.9 Å². The van der Waals surface area contributed by atoms with Gasteiger partial charge in [0.1, 0.15) is 0 Å². The number of hydrogen-bond donors (Lipinski definition) is 2. The lowest BCUT2D eigenvalue weighted by Gasteiger charge is -2.08. The number of aromatic nitrogens is 2. The highest BCUT2D eigenvalue weighted by Gasteiger charge is 2.13. The lowest BCUT2D eigenvalue weighted by atomic mass is 10.1. The number of nitrogens with zero attached hydrogens (tertiary/aromatic N) is 2. The number of nitrogens with one attached hydrogen (secondary N) is 2. The molecule has 0 spiro atoms. The number of ketones is 1. The molecular weight excluding hydrogens is 392 g/mol. The smallest absolute Gasteiger partial charge is 0.251 e. The third-order valence-corrected chi connectivity index (χ3v) is 4.45. The van der Waals surface area contributed by atoms with Crippen molar-refractivity contribution in [1.82, 2.24) is 14.9 Å². The van der Waals surface area contributed by atoms with E-state index in [9.17, 15) is 14.4 Å². The number of benzene rings is 2. The number of carbonyl (C=O) groups is 3. The number of amides is 2. The molecule has 0 unspecified atom stereocenters. The van der Waals surface area contributed by atoms with Crippen LogP contribution >= 0.6 is 11.6 Å². The van der Waals surface area contributed by atoms with Gasteiger partial charge in [0, 0.05) is 54.2 Å². The molecule has 0 fully saturated rings. The van der Waals surface area contributed by atoms with Gasteiger partial charge in [0.15, 0.2) is 5.82 Å². The monoisotopic (exact) mass is 410 g/mol. The van der Waals surface area contributed by atoms with Crippen molar-refractivity contribution in [3.63, 3.8) is 0 Å². The SMILES string of the molecule is Cn1ccnc1C(=O)c1ccc(NC(=O)CCNC(=O)c2ccc(Cl)cc2)cc1. The topological polar surface area (TPSA) is 93.1 Å². The summed E-state index contributed by atoms with van der Waals surface area (Å²) in [6, 6.07) is 13.1. The molecule has 0 bridgehead atoms. The molecule has 1 heterocycles. The second-order valence-electron chi connectivity index (χ2n) is 6.33. The molecule has 148 valence electrons. The average molecular weight is 411 g/mol. The lowest BCUT2D eigenvalue weighted by Crippen LogP contribution is -2.27. The molecule has 0 saturated heterocycles. The zero-order valence-electron chi connectivity index (χ0n) is 15.7. The van der Waals surface area contributed by atoms with Crippen molar-refractivity contribution in [3.8, 4) is 0 Å². The molecule has 2 amide bonds. The molecule has 3 aromatic rings. The Kier molecular flexibility index (Phi) is 6.41. The zero-order chi connectivity index (χ0) is 20.8. The average Bonchev–Trinajstić information content (AvgIpc) is 3.14. The third-order valence-electron chi connectivity index (χ3n) is 4.20. The van der Waals surface area contributed by atoms with E-state index in [4.69, 9.17) is 11.6 Å². The molecule has 0 aliphatic carbocycles. The maximum atomic E-state index is 12.4. The van der Waals surface area contributed by atoms with Crippen molar-refractivity contribution in [2.24, 2.45) is 7.05 Å². The molecule has 0 aliphatic heterocycles. The number of aryl methyl sites for hydroxylation is 1. The van der Waals surface area contributed by atoms with E-state index in [2.05, 4.69) is 15.6 Å². The highest BCUT2D eigenvalue weighted by molar-refractivity contribution is 6.30. The van der Waals surface area contributed by atoms with Crippen LogP contribution in [0, 0.1) is 0 Å². The molecule has 3 rings (SSSR count). The molecule has 7 nitrogen and oxygen atoms in total. The van der Waals surface area contributed by atoms with Crippen LogP contribution < -0.4 is 10.6 Å². The molecule has 0 atom stereocenters. The van der Waals surface area contributed by atoms with Crippen LogP contribution in [0.25, 0.3) is 0 Å². The first-order valence-corrected chi connectivity index (χ1v) is 9.27. The summed E-state index contributed by atoms with van der Waals surface area (Å²) < 4.78 is 1.65. The first-order chi connectivity index (χ1) is 13.9. The molecule has 29 heavy (non-hydrogen) atoms. The van der Waals surface area contributed by atoms with Gasteiger partial charge in [-0.05, 0) is 48.5 Å². The van der Waals surface area contributed by atoms with Crippen LogP contribution in [0.15, 0.2) is 60.9 Å². The Morgan fingerprint density at radius 1 is 1.00 bits per heavy atom. The van der Waals surface area contributed by atoms with E-state index >= 15 is 0 Å². The molecule has 0 radical (unpaired) electrons. The second kappa shape index (κ2) is 9.16. The van der Waals surface area contributed by atoms with E-state index in [0.717, 1.165) is 0 Å². The highest BCUT2D eigenvalue weighted by Crippen LogP contribution is 2.13. The maximum absolute atomic E-state index is 12.4.